The first-order valence-electron chi connectivity index (χ1n) is 12.6. The summed E-state index contributed by atoms with van der Waals surface area (Å²) in [5.41, 5.74) is 5.45. The van der Waals surface area contributed by atoms with Crippen molar-refractivity contribution in [2.45, 2.75) is 51.6 Å². The molecule has 0 radical (unpaired) electrons. The predicted molar refractivity (Wildman–Crippen MR) is 138 cm³/mol. The summed E-state index contributed by atoms with van der Waals surface area (Å²) in [7, 11) is 0. The SMILES string of the molecule is CC(C)(C)CC(N=C(NC(N)=O)N1CCOCC1)C(=O)NC1(C#N)CCN(CCc2ccccc2)C1. The van der Waals surface area contributed by atoms with Gasteiger partial charge in [-0.05, 0) is 30.2 Å². The van der Waals surface area contributed by atoms with Gasteiger partial charge in [0.05, 0.1) is 19.3 Å². The lowest BCUT2D eigenvalue weighted by Gasteiger charge is -2.32. The second kappa shape index (κ2) is 12.2. The van der Waals surface area contributed by atoms with Crippen molar-refractivity contribution in [3.8, 4) is 6.07 Å². The van der Waals surface area contributed by atoms with E-state index in [2.05, 4.69) is 38.7 Å². The quantitative estimate of drug-likeness (QED) is 0.386. The third-order valence-electron chi connectivity index (χ3n) is 6.42. The number of rotatable bonds is 7. The molecule has 1 aromatic carbocycles. The fraction of sp³-hybridized carbons (Fsp3) is 0.615. The number of hydrogen-bond acceptors (Lipinski definition) is 6. The van der Waals surface area contributed by atoms with E-state index in [-0.39, 0.29) is 17.3 Å². The molecule has 2 saturated heterocycles. The number of nitrogens with zero attached hydrogens (tertiary/aromatic N) is 4. The molecule has 3 rings (SSSR count). The van der Waals surface area contributed by atoms with Crippen LogP contribution in [0, 0.1) is 16.7 Å². The highest BCUT2D eigenvalue weighted by molar-refractivity contribution is 5.97. The first kappa shape index (κ1) is 27.4. The molecule has 2 aliphatic rings. The molecule has 1 aromatic rings. The molecule has 0 bridgehead atoms. The Morgan fingerprint density at radius 2 is 1.92 bits per heavy atom. The second-order valence-electron chi connectivity index (χ2n) is 10.8. The Morgan fingerprint density at radius 3 is 2.53 bits per heavy atom. The van der Waals surface area contributed by atoms with Crippen molar-refractivity contribution >= 4 is 17.9 Å². The molecular formula is C26H39N7O3. The van der Waals surface area contributed by atoms with Crippen LogP contribution in [0.2, 0.25) is 0 Å². The van der Waals surface area contributed by atoms with Crippen LogP contribution in [0.4, 0.5) is 4.79 Å². The van der Waals surface area contributed by atoms with Gasteiger partial charge in [-0.15, -0.1) is 0 Å². The maximum Gasteiger partial charge on any atom is 0.318 e. The average Bonchev–Trinajstić information content (AvgIpc) is 3.25. The Hall–Kier alpha value is -3.16. The minimum atomic E-state index is -0.977. The molecule has 2 heterocycles. The monoisotopic (exact) mass is 497 g/mol. The standard InChI is InChI=1S/C26H39N7O3/c1-25(2,3)17-21(29-24(30-23(28)35)33-13-15-36-16-14-33)22(34)31-26(18-27)10-12-32(19-26)11-9-20-7-5-4-6-8-20/h4-8,21H,9-17,19H2,1-3H3,(H,31,34)(H3,28,29,30,35). The summed E-state index contributed by atoms with van der Waals surface area (Å²) in [4.78, 5) is 34.0. The van der Waals surface area contributed by atoms with Crippen molar-refractivity contribution in [2.75, 3.05) is 45.9 Å². The van der Waals surface area contributed by atoms with Crippen LogP contribution in [0.5, 0.6) is 0 Å². The van der Waals surface area contributed by atoms with E-state index < -0.39 is 17.6 Å². The Balaban J connectivity index is 1.74. The first-order valence-corrected chi connectivity index (χ1v) is 12.6. The summed E-state index contributed by atoms with van der Waals surface area (Å²) in [6.45, 7) is 10.1. The van der Waals surface area contributed by atoms with E-state index in [1.54, 1.807) is 0 Å². The number of nitrogens with two attached hydrogens (primary N) is 1. The van der Waals surface area contributed by atoms with Crippen LogP contribution in [0.15, 0.2) is 35.3 Å². The molecule has 0 aromatic heterocycles. The number of nitriles is 1. The third-order valence-corrected chi connectivity index (χ3v) is 6.42. The molecular weight excluding hydrogens is 458 g/mol. The van der Waals surface area contributed by atoms with Crippen LogP contribution < -0.4 is 16.4 Å². The lowest BCUT2D eigenvalue weighted by Crippen LogP contribution is -2.54. The highest BCUT2D eigenvalue weighted by Crippen LogP contribution is 2.26. The summed E-state index contributed by atoms with van der Waals surface area (Å²) in [6.07, 6.45) is 1.87. The zero-order valence-corrected chi connectivity index (χ0v) is 21.6. The van der Waals surface area contributed by atoms with Gasteiger partial charge in [0.2, 0.25) is 11.9 Å². The fourth-order valence-corrected chi connectivity index (χ4v) is 4.55. The summed E-state index contributed by atoms with van der Waals surface area (Å²) < 4.78 is 5.40. The van der Waals surface area contributed by atoms with Crippen LogP contribution in [0.3, 0.4) is 0 Å². The van der Waals surface area contributed by atoms with E-state index in [0.29, 0.717) is 45.7 Å². The number of primary amides is 1. The Morgan fingerprint density at radius 1 is 1.22 bits per heavy atom. The lowest BCUT2D eigenvalue weighted by atomic mass is 9.87. The molecule has 0 saturated carbocycles. The van der Waals surface area contributed by atoms with Gasteiger partial charge in [0, 0.05) is 32.7 Å². The van der Waals surface area contributed by atoms with Crippen LogP contribution in [0.1, 0.15) is 39.2 Å². The van der Waals surface area contributed by atoms with Gasteiger partial charge in [-0.25, -0.2) is 9.79 Å². The summed E-state index contributed by atoms with van der Waals surface area (Å²) in [6, 6.07) is 11.1. The minimum Gasteiger partial charge on any atom is -0.378 e. The number of nitrogens with one attached hydrogen (secondary N) is 2. The van der Waals surface area contributed by atoms with E-state index in [1.807, 2.05) is 43.9 Å². The molecule has 4 N–H and O–H groups in total. The zero-order chi connectivity index (χ0) is 26.2. The van der Waals surface area contributed by atoms with Gasteiger partial charge < -0.3 is 20.7 Å². The van der Waals surface area contributed by atoms with Gasteiger partial charge in [0.25, 0.3) is 0 Å². The number of carbonyl (C=O) groups excluding carboxylic acids is 2. The molecule has 10 heteroatoms. The molecule has 3 amide bonds. The average molecular weight is 498 g/mol. The van der Waals surface area contributed by atoms with Crippen molar-refractivity contribution in [1.29, 1.82) is 5.26 Å². The molecule has 0 aliphatic carbocycles. The van der Waals surface area contributed by atoms with Crippen molar-refractivity contribution < 1.29 is 14.3 Å². The van der Waals surface area contributed by atoms with Gasteiger partial charge >= 0.3 is 6.03 Å². The molecule has 2 aliphatic heterocycles. The number of hydrogen-bond donors (Lipinski definition) is 3. The van der Waals surface area contributed by atoms with Crippen molar-refractivity contribution in [3.05, 3.63) is 35.9 Å². The summed E-state index contributed by atoms with van der Waals surface area (Å²) >= 11 is 0. The van der Waals surface area contributed by atoms with Crippen LogP contribution in [-0.2, 0) is 16.0 Å². The lowest BCUT2D eigenvalue weighted by molar-refractivity contribution is -0.124. The molecule has 2 unspecified atom stereocenters. The topological polar surface area (TPSA) is 136 Å². The zero-order valence-electron chi connectivity index (χ0n) is 21.6. The van der Waals surface area contributed by atoms with Crippen molar-refractivity contribution in [3.63, 3.8) is 0 Å². The van der Waals surface area contributed by atoms with E-state index in [0.717, 1.165) is 19.5 Å². The number of guanidine groups is 1. The summed E-state index contributed by atoms with van der Waals surface area (Å²) in [5.74, 6) is -0.0643. The van der Waals surface area contributed by atoms with E-state index >= 15 is 0 Å². The third kappa shape index (κ3) is 8.21. The molecule has 196 valence electrons. The first-order chi connectivity index (χ1) is 17.1. The molecule has 0 spiro atoms. The van der Waals surface area contributed by atoms with E-state index in [4.69, 9.17) is 10.5 Å². The minimum absolute atomic E-state index is 0.217. The molecule has 2 atom stereocenters. The number of carbonyl (C=O) groups is 2. The Bertz CT molecular complexity index is 964. The van der Waals surface area contributed by atoms with Crippen LogP contribution >= 0.6 is 0 Å². The number of morpholine rings is 1. The maximum atomic E-state index is 13.6. The second-order valence-corrected chi connectivity index (χ2v) is 10.8. The summed E-state index contributed by atoms with van der Waals surface area (Å²) in [5, 5.41) is 15.7. The van der Waals surface area contributed by atoms with Gasteiger partial charge in [-0.1, -0.05) is 51.1 Å². The van der Waals surface area contributed by atoms with E-state index in [1.165, 1.54) is 5.56 Å². The van der Waals surface area contributed by atoms with Gasteiger partial charge in [0.15, 0.2) is 0 Å². The highest BCUT2D eigenvalue weighted by Gasteiger charge is 2.41. The van der Waals surface area contributed by atoms with Crippen LogP contribution in [-0.4, -0.2) is 85.2 Å². The van der Waals surface area contributed by atoms with Crippen LogP contribution in [0.25, 0.3) is 0 Å². The van der Waals surface area contributed by atoms with Crippen molar-refractivity contribution in [1.82, 2.24) is 20.4 Å². The fourth-order valence-electron chi connectivity index (χ4n) is 4.55. The largest absolute Gasteiger partial charge is 0.378 e. The predicted octanol–water partition coefficient (Wildman–Crippen LogP) is 1.47. The maximum absolute atomic E-state index is 13.6. The molecule has 2 fully saturated rings. The Kier molecular flexibility index (Phi) is 9.29. The molecule has 36 heavy (non-hydrogen) atoms. The Labute approximate surface area is 213 Å². The number of likely N-dealkylation sites (tertiary alicyclic amines) is 1. The number of urea groups is 1. The number of benzene rings is 1. The van der Waals surface area contributed by atoms with Gasteiger partial charge in [-0.2, -0.15) is 5.26 Å². The van der Waals surface area contributed by atoms with Gasteiger partial charge in [-0.3, -0.25) is 15.0 Å². The smallest absolute Gasteiger partial charge is 0.318 e. The van der Waals surface area contributed by atoms with E-state index in [9.17, 15) is 14.9 Å². The number of ether oxygens (including phenoxy) is 1. The van der Waals surface area contributed by atoms with Gasteiger partial charge in [0.1, 0.15) is 11.6 Å². The number of aliphatic imine (C=N–C) groups is 1. The number of amides is 3. The normalized spacial score (nSPS) is 22.1. The molecule has 10 nitrogen and oxygen atoms in total. The highest BCUT2D eigenvalue weighted by atomic mass is 16.5. The van der Waals surface area contributed by atoms with Crippen molar-refractivity contribution in [2.24, 2.45) is 16.1 Å².